The molecule has 0 aliphatic heterocycles. The summed E-state index contributed by atoms with van der Waals surface area (Å²) in [6.07, 6.45) is 10.5. The Morgan fingerprint density at radius 1 is 1.32 bits per heavy atom. The first kappa shape index (κ1) is 22.0. The molecule has 1 aromatic heterocycles. The number of alkyl carbamates (subject to hydrolysis) is 1. The van der Waals surface area contributed by atoms with Crippen molar-refractivity contribution in [3.63, 3.8) is 0 Å². The highest BCUT2D eigenvalue weighted by Crippen LogP contribution is 2.31. The molecule has 0 unspecified atom stereocenters. The topological polar surface area (TPSA) is 93.5 Å². The summed E-state index contributed by atoms with van der Waals surface area (Å²) in [4.78, 5) is 27.5. The van der Waals surface area contributed by atoms with Gasteiger partial charge in [-0.05, 0) is 71.3 Å². The molecular weight excluding hydrogens is 358 g/mol. The molecule has 1 aliphatic carbocycles. The number of amides is 1. The van der Waals surface area contributed by atoms with Crippen LogP contribution in [-0.4, -0.2) is 38.9 Å². The Bertz CT molecular complexity index is 695. The Morgan fingerprint density at radius 3 is 2.61 bits per heavy atom. The van der Waals surface area contributed by atoms with Gasteiger partial charge in [0.1, 0.15) is 5.60 Å². The van der Waals surface area contributed by atoms with E-state index in [9.17, 15) is 14.7 Å². The number of aliphatic carboxylic acids is 1. The Morgan fingerprint density at radius 2 is 2.00 bits per heavy atom. The lowest BCUT2D eigenvalue weighted by Crippen LogP contribution is -2.33. The maximum absolute atomic E-state index is 11.6. The number of carbonyl (C=O) groups excluding carboxylic acids is 1. The maximum atomic E-state index is 11.6. The van der Waals surface area contributed by atoms with E-state index in [1.807, 2.05) is 6.20 Å². The maximum Gasteiger partial charge on any atom is 0.407 e. The minimum absolute atomic E-state index is 0.286. The van der Waals surface area contributed by atoms with Gasteiger partial charge in [-0.15, -0.1) is 0 Å². The van der Waals surface area contributed by atoms with Gasteiger partial charge in [0.2, 0.25) is 0 Å². The summed E-state index contributed by atoms with van der Waals surface area (Å²) in [5, 5.41) is 12.1. The number of aromatic nitrogens is 2. The molecule has 0 atom stereocenters. The van der Waals surface area contributed by atoms with Crippen molar-refractivity contribution in [3.05, 3.63) is 23.8 Å². The average Bonchev–Trinajstić information content (AvgIpc) is 3.05. The molecule has 0 aromatic carbocycles. The van der Waals surface area contributed by atoms with Crippen molar-refractivity contribution in [2.45, 2.75) is 77.9 Å². The van der Waals surface area contributed by atoms with Crippen LogP contribution < -0.4 is 5.32 Å². The minimum atomic E-state index is -0.960. The summed E-state index contributed by atoms with van der Waals surface area (Å²) >= 11 is 0. The van der Waals surface area contributed by atoms with E-state index in [4.69, 9.17) is 4.74 Å². The molecule has 1 amide bonds. The fourth-order valence-corrected chi connectivity index (χ4v) is 3.37. The van der Waals surface area contributed by atoms with Crippen molar-refractivity contribution in [2.75, 3.05) is 6.54 Å². The first-order chi connectivity index (χ1) is 13.1. The molecule has 28 heavy (non-hydrogen) atoms. The van der Waals surface area contributed by atoms with E-state index in [2.05, 4.69) is 21.8 Å². The van der Waals surface area contributed by atoms with Gasteiger partial charge in [0, 0.05) is 24.4 Å². The number of hydrogen-bond donors (Lipinski definition) is 2. The van der Waals surface area contributed by atoms with Crippen molar-refractivity contribution in [1.82, 2.24) is 14.9 Å². The van der Waals surface area contributed by atoms with E-state index < -0.39 is 17.7 Å². The summed E-state index contributed by atoms with van der Waals surface area (Å²) < 4.78 is 7.27. The first-order valence-corrected chi connectivity index (χ1v) is 10.1. The molecule has 0 spiro atoms. The molecule has 0 saturated heterocycles. The monoisotopic (exact) mass is 391 g/mol. The van der Waals surface area contributed by atoms with Crippen molar-refractivity contribution in [2.24, 2.45) is 5.92 Å². The van der Waals surface area contributed by atoms with Gasteiger partial charge < -0.3 is 19.7 Å². The van der Waals surface area contributed by atoms with Crippen LogP contribution in [0.25, 0.3) is 6.08 Å². The van der Waals surface area contributed by atoms with E-state index in [0.717, 1.165) is 18.8 Å². The highest BCUT2D eigenvalue weighted by molar-refractivity contribution is 5.91. The van der Waals surface area contributed by atoms with Crippen LogP contribution in [0.4, 0.5) is 4.79 Å². The van der Waals surface area contributed by atoms with Crippen LogP contribution in [0.3, 0.4) is 0 Å². The summed E-state index contributed by atoms with van der Waals surface area (Å²) in [7, 11) is 0. The minimum Gasteiger partial charge on any atom is -0.478 e. The van der Waals surface area contributed by atoms with Crippen LogP contribution in [0.2, 0.25) is 0 Å². The Hall–Kier alpha value is -2.31. The molecule has 7 heteroatoms. The molecule has 0 radical (unpaired) electrons. The summed E-state index contributed by atoms with van der Waals surface area (Å²) in [6, 6.07) is 0.456. The summed E-state index contributed by atoms with van der Waals surface area (Å²) in [5.74, 6) is -0.176. The number of hydrogen-bond acceptors (Lipinski definition) is 4. The fourth-order valence-electron chi connectivity index (χ4n) is 3.37. The SMILES string of the molecule is CC1CCC(n2cnc(/C=C(\CCCNC(=O)OC(C)(C)C)C(=O)O)c2)CC1. The molecule has 156 valence electrons. The van der Waals surface area contributed by atoms with E-state index in [0.29, 0.717) is 31.1 Å². The predicted octanol–water partition coefficient (Wildman–Crippen LogP) is 4.41. The van der Waals surface area contributed by atoms with Crippen molar-refractivity contribution >= 4 is 18.1 Å². The number of rotatable bonds is 7. The number of carboxylic acids is 1. The third kappa shape index (κ3) is 7.37. The van der Waals surface area contributed by atoms with Gasteiger partial charge in [-0.1, -0.05) is 6.92 Å². The van der Waals surface area contributed by atoms with Gasteiger partial charge in [-0.2, -0.15) is 0 Å². The number of imidazole rings is 1. The standard InChI is InChI=1S/C21H33N3O4/c1-15-7-9-18(10-8-15)24-13-17(23-14-24)12-16(19(25)26)6-5-11-22-20(27)28-21(2,3)4/h12-15,18H,5-11H2,1-4H3,(H,22,27)(H,25,26)/b16-12+. The van der Waals surface area contributed by atoms with Gasteiger partial charge in [0.05, 0.1) is 12.0 Å². The van der Waals surface area contributed by atoms with Crippen LogP contribution in [0.15, 0.2) is 18.1 Å². The Kier molecular flexibility index (Phi) is 7.66. The Balaban J connectivity index is 1.87. The van der Waals surface area contributed by atoms with Crippen molar-refractivity contribution in [3.8, 4) is 0 Å². The number of carboxylic acid groups (broad SMARTS) is 1. The molecule has 1 saturated carbocycles. The zero-order valence-corrected chi connectivity index (χ0v) is 17.4. The number of nitrogens with one attached hydrogen (secondary N) is 1. The lowest BCUT2D eigenvalue weighted by Gasteiger charge is -2.26. The van der Waals surface area contributed by atoms with Crippen LogP contribution in [-0.2, 0) is 9.53 Å². The normalized spacial score (nSPS) is 20.6. The summed E-state index contributed by atoms with van der Waals surface area (Å²) in [5.41, 5.74) is 0.399. The first-order valence-electron chi connectivity index (χ1n) is 10.1. The third-order valence-electron chi connectivity index (χ3n) is 4.92. The molecular formula is C21H33N3O4. The molecule has 1 aliphatic rings. The summed E-state index contributed by atoms with van der Waals surface area (Å²) in [6.45, 7) is 8.03. The zero-order chi connectivity index (χ0) is 20.7. The van der Waals surface area contributed by atoms with Gasteiger partial charge in [-0.25, -0.2) is 14.6 Å². The van der Waals surface area contributed by atoms with Gasteiger partial charge in [0.25, 0.3) is 0 Å². The second-order valence-corrected chi connectivity index (χ2v) is 8.67. The Labute approximate surface area is 167 Å². The molecule has 7 nitrogen and oxygen atoms in total. The molecule has 1 heterocycles. The zero-order valence-electron chi connectivity index (χ0n) is 17.4. The van der Waals surface area contributed by atoms with Gasteiger partial charge in [0.15, 0.2) is 0 Å². The van der Waals surface area contributed by atoms with E-state index in [1.165, 1.54) is 12.8 Å². The molecule has 2 rings (SSSR count). The lowest BCUT2D eigenvalue weighted by molar-refractivity contribution is -0.132. The van der Waals surface area contributed by atoms with Crippen molar-refractivity contribution < 1.29 is 19.4 Å². The largest absolute Gasteiger partial charge is 0.478 e. The number of carbonyl (C=O) groups is 2. The van der Waals surface area contributed by atoms with Gasteiger partial charge >= 0.3 is 12.1 Å². The predicted molar refractivity (Wildman–Crippen MR) is 108 cm³/mol. The smallest absolute Gasteiger partial charge is 0.407 e. The van der Waals surface area contributed by atoms with E-state index >= 15 is 0 Å². The van der Waals surface area contributed by atoms with Crippen LogP contribution >= 0.6 is 0 Å². The third-order valence-corrected chi connectivity index (χ3v) is 4.92. The fraction of sp³-hybridized carbons (Fsp3) is 0.667. The van der Waals surface area contributed by atoms with Crippen molar-refractivity contribution in [1.29, 1.82) is 0 Å². The lowest BCUT2D eigenvalue weighted by atomic mass is 9.87. The number of ether oxygens (including phenoxy) is 1. The van der Waals surface area contributed by atoms with Crippen LogP contribution in [0.5, 0.6) is 0 Å². The number of nitrogens with zero attached hydrogens (tertiary/aromatic N) is 2. The van der Waals surface area contributed by atoms with Crippen LogP contribution in [0.1, 0.15) is 78.0 Å². The second-order valence-electron chi connectivity index (χ2n) is 8.67. The van der Waals surface area contributed by atoms with Gasteiger partial charge in [-0.3, -0.25) is 0 Å². The highest BCUT2D eigenvalue weighted by atomic mass is 16.6. The molecule has 0 bridgehead atoms. The second kappa shape index (κ2) is 9.75. The van der Waals surface area contributed by atoms with E-state index in [1.54, 1.807) is 33.2 Å². The average molecular weight is 392 g/mol. The highest BCUT2D eigenvalue weighted by Gasteiger charge is 2.20. The quantitative estimate of drug-likeness (QED) is 0.530. The molecule has 2 N–H and O–H groups in total. The van der Waals surface area contributed by atoms with E-state index in [-0.39, 0.29) is 5.57 Å². The molecule has 1 fully saturated rings. The molecule has 1 aromatic rings. The van der Waals surface area contributed by atoms with Crippen LogP contribution in [0, 0.1) is 5.92 Å².